The first kappa shape index (κ1) is 80.5. The Hall–Kier alpha value is -12.9. The standard InChI is InChI=1S/C24H26N6O2.C23H26N6O2.C23H25N5O2.C20H20N4O4/c1-16-26-20-11-17(3-5-22(20)32-16)18-4-6-23-25-12-21(30(23)13-18)24(31)29-14-19(15-29)28-9-7-27(2)8-10-28;1-16-26-19-13-17(3-5-21(19)31-16)18-4-6-22-25-14-20(29(22)15-18)23(30)24-7-8-28-11-9-27(2)10-12-28;1-15-25-19-12-16(4-6-21(19)30-15)17-5-7-22-24-13-20(28(22)14-17)23(29)27-10-8-18(9-11-27)26(2)3;1-13-22-16-10-14(2-4-18(16)28-13)15-3-5-19-21-11-17(24(19)12-15)20(27)23(6-8-25)7-9-26/h3-6,11-13,19H,7-10,14-15H2,1-2H3;3-6,13-15H,7-12H2,1-2H3,(H,24,30);4-7,12-14,18H,8-11H2,1-3H3;2-5,10-12,25-26H,6-9H2,1H3. The van der Waals surface area contributed by atoms with E-state index in [4.69, 9.17) is 17.7 Å². The minimum absolute atomic E-state index is 0.0411. The van der Waals surface area contributed by atoms with E-state index < -0.39 is 0 Å². The molecule has 4 aliphatic rings. The van der Waals surface area contributed by atoms with Gasteiger partial charge in [-0.1, -0.05) is 24.3 Å². The fourth-order valence-corrected chi connectivity index (χ4v) is 16.3. The van der Waals surface area contributed by atoms with Crippen LogP contribution in [0.2, 0.25) is 0 Å². The number of nitrogens with zero attached hydrogens (tertiary/aromatic N) is 20. The Morgan fingerprint density at radius 3 is 1.17 bits per heavy atom. The van der Waals surface area contributed by atoms with E-state index >= 15 is 0 Å². The quantitative estimate of drug-likeness (QED) is 0.0762. The molecule has 4 saturated heterocycles. The summed E-state index contributed by atoms with van der Waals surface area (Å²) in [6.07, 6.45) is 16.3. The molecule has 12 aromatic heterocycles. The number of oxazole rings is 4. The highest BCUT2D eigenvalue weighted by Gasteiger charge is 2.37. The van der Waals surface area contributed by atoms with E-state index in [9.17, 15) is 29.4 Å². The van der Waals surface area contributed by atoms with Crippen molar-refractivity contribution in [1.82, 2.24) is 102 Å². The summed E-state index contributed by atoms with van der Waals surface area (Å²) < 4.78 is 29.6. The molecule has 0 atom stereocenters. The first-order chi connectivity index (χ1) is 58.7. The molecule has 622 valence electrons. The summed E-state index contributed by atoms with van der Waals surface area (Å²) in [6.45, 7) is 20.5. The Bertz CT molecular complexity index is 6470. The molecule has 121 heavy (non-hydrogen) atoms. The van der Waals surface area contributed by atoms with E-state index in [1.54, 1.807) is 29.9 Å². The van der Waals surface area contributed by atoms with Crippen molar-refractivity contribution in [2.75, 3.05) is 146 Å². The molecular formula is C90H97N21O10. The average molecular weight is 1630 g/mol. The number of carbonyl (C=O) groups is 4. The van der Waals surface area contributed by atoms with Gasteiger partial charge in [0, 0.05) is 169 Å². The molecule has 3 N–H and O–H groups in total. The Labute approximate surface area is 696 Å². The van der Waals surface area contributed by atoms with Crippen molar-refractivity contribution in [2.24, 2.45) is 0 Å². The van der Waals surface area contributed by atoms with Crippen molar-refractivity contribution < 1.29 is 47.1 Å². The van der Waals surface area contributed by atoms with Gasteiger partial charge in [0.1, 0.15) is 67.4 Å². The van der Waals surface area contributed by atoms with Gasteiger partial charge in [0.2, 0.25) is 0 Å². The summed E-state index contributed by atoms with van der Waals surface area (Å²) in [4.78, 5) is 104. The molecule has 31 nitrogen and oxygen atoms in total. The summed E-state index contributed by atoms with van der Waals surface area (Å²) in [6, 6.07) is 40.3. The molecule has 0 aliphatic carbocycles. The number of rotatable bonds is 17. The zero-order valence-electron chi connectivity index (χ0n) is 69.1. The summed E-state index contributed by atoms with van der Waals surface area (Å²) in [5.41, 5.74) is 19.2. The summed E-state index contributed by atoms with van der Waals surface area (Å²) in [5.74, 6) is 2.24. The molecule has 16 aromatic rings. The van der Waals surface area contributed by atoms with Crippen molar-refractivity contribution in [3.8, 4) is 44.5 Å². The highest BCUT2D eigenvalue weighted by atomic mass is 16.4. The van der Waals surface area contributed by atoms with E-state index in [1.807, 2.05) is 190 Å². The van der Waals surface area contributed by atoms with Gasteiger partial charge in [0.05, 0.1) is 38.0 Å². The maximum atomic E-state index is 13.2. The predicted molar refractivity (Wildman–Crippen MR) is 459 cm³/mol. The molecular weight excluding hydrogens is 1540 g/mol. The number of aryl methyl sites for hydroxylation is 4. The SMILES string of the molecule is Cc1nc2cc(-c3ccc4ncc(C(=O)N(CCO)CCO)n4c3)ccc2o1.Cc1nc2cc(-c3ccc4ncc(C(=O)N5CC(N6CCN(C)CC6)C5)n4c3)ccc2o1.Cc1nc2cc(-c3ccc4ncc(C(=O)N5CCC(N(C)C)CC5)n4c3)ccc2o1.Cc1nc2cc(-c3ccc4ncc(C(=O)NCCN5CCN(C)CC5)n4c3)ccc2o1. The number of hydrogen-bond acceptors (Lipinski definition) is 23. The average Bonchev–Trinajstić information content (AvgIpc) is 1.66. The second kappa shape index (κ2) is 34.8. The Morgan fingerprint density at radius 2 is 0.777 bits per heavy atom. The van der Waals surface area contributed by atoms with E-state index in [2.05, 4.69) is 97.9 Å². The number of piperidine rings is 1. The van der Waals surface area contributed by atoms with Gasteiger partial charge in [-0.2, -0.15) is 0 Å². The number of aromatic nitrogens is 12. The van der Waals surface area contributed by atoms with Crippen LogP contribution in [-0.2, 0) is 0 Å². The Morgan fingerprint density at radius 1 is 0.430 bits per heavy atom. The van der Waals surface area contributed by atoms with Gasteiger partial charge < -0.3 is 62.6 Å². The molecule has 0 saturated carbocycles. The third-order valence-electron chi connectivity index (χ3n) is 23.2. The van der Waals surface area contributed by atoms with Crippen LogP contribution in [0.25, 0.3) is 111 Å². The Kier molecular flexibility index (Phi) is 23.2. The number of amides is 4. The van der Waals surface area contributed by atoms with Gasteiger partial charge in [-0.15, -0.1) is 0 Å². The molecule has 20 rings (SSSR count). The number of benzene rings is 4. The number of aliphatic hydroxyl groups excluding tert-OH is 2. The normalized spacial score (nSPS) is 15.4. The number of nitrogens with one attached hydrogen (secondary N) is 1. The monoisotopic (exact) mass is 1630 g/mol. The third kappa shape index (κ3) is 17.4. The van der Waals surface area contributed by atoms with Crippen molar-refractivity contribution >= 4 is 90.6 Å². The first-order valence-electron chi connectivity index (χ1n) is 41.0. The van der Waals surface area contributed by atoms with Crippen LogP contribution in [0.4, 0.5) is 0 Å². The van der Waals surface area contributed by atoms with Gasteiger partial charge in [0.15, 0.2) is 45.9 Å². The molecule has 4 amide bonds. The van der Waals surface area contributed by atoms with Crippen LogP contribution < -0.4 is 5.32 Å². The fourth-order valence-electron chi connectivity index (χ4n) is 16.3. The topological polar surface area (TPSA) is 320 Å². The number of likely N-dealkylation sites (N-methyl/N-ethyl adjacent to an activating group) is 2. The molecule has 4 fully saturated rings. The number of fused-ring (bicyclic) bond motifs is 8. The number of aliphatic hydroxyl groups is 2. The van der Waals surface area contributed by atoms with Gasteiger partial charge >= 0.3 is 0 Å². The number of imidazole rings is 4. The van der Waals surface area contributed by atoms with Crippen LogP contribution >= 0.6 is 0 Å². The van der Waals surface area contributed by atoms with E-state index in [0.717, 1.165) is 204 Å². The zero-order valence-corrected chi connectivity index (χ0v) is 69.1. The summed E-state index contributed by atoms with van der Waals surface area (Å²) in [7, 11) is 8.51. The smallest absolute Gasteiger partial charge is 0.272 e. The maximum absolute atomic E-state index is 13.2. The molecule has 0 spiro atoms. The van der Waals surface area contributed by atoms with E-state index in [1.165, 1.54) is 11.1 Å². The van der Waals surface area contributed by atoms with Gasteiger partial charge in [-0.25, -0.2) is 39.9 Å². The second-order valence-corrected chi connectivity index (χ2v) is 31.6. The van der Waals surface area contributed by atoms with Crippen LogP contribution in [0, 0.1) is 27.7 Å². The lowest BCUT2D eigenvalue weighted by Gasteiger charge is -2.47. The van der Waals surface area contributed by atoms with Crippen LogP contribution in [0.15, 0.2) is 189 Å². The van der Waals surface area contributed by atoms with Crippen LogP contribution in [0.1, 0.15) is 78.4 Å². The molecule has 0 radical (unpaired) electrons. The second-order valence-electron chi connectivity index (χ2n) is 31.6. The molecule has 0 bridgehead atoms. The van der Waals surface area contributed by atoms with Crippen LogP contribution in [0.5, 0.6) is 0 Å². The lowest BCUT2D eigenvalue weighted by molar-refractivity contribution is 0.0106. The number of likely N-dealkylation sites (tertiary alicyclic amines) is 2. The largest absolute Gasteiger partial charge is 0.441 e. The van der Waals surface area contributed by atoms with E-state index in [0.29, 0.717) is 70.6 Å². The van der Waals surface area contributed by atoms with Crippen LogP contribution in [0.3, 0.4) is 0 Å². The molecule has 16 heterocycles. The predicted octanol–water partition coefficient (Wildman–Crippen LogP) is 10.4. The summed E-state index contributed by atoms with van der Waals surface area (Å²) in [5, 5.41) is 21.4. The Balaban J connectivity index is 0.000000115. The highest BCUT2D eigenvalue weighted by molar-refractivity contribution is 5.96. The highest BCUT2D eigenvalue weighted by Crippen LogP contribution is 2.33. The van der Waals surface area contributed by atoms with Crippen molar-refractivity contribution in [3.05, 3.63) is 217 Å². The molecule has 31 heteroatoms. The lowest BCUT2D eigenvalue weighted by Crippen LogP contribution is -2.64. The van der Waals surface area contributed by atoms with Gasteiger partial charge in [-0.05, 0) is 183 Å². The fraction of sp³-hybridized carbons (Fsp3) is 0.333. The maximum Gasteiger partial charge on any atom is 0.272 e. The minimum atomic E-state index is -0.296. The minimum Gasteiger partial charge on any atom is -0.441 e. The molecule has 0 unspecified atom stereocenters. The number of hydrogen-bond donors (Lipinski definition) is 3. The molecule has 4 aliphatic heterocycles. The molecule has 4 aromatic carbocycles. The zero-order chi connectivity index (χ0) is 83.7. The first-order valence-corrected chi connectivity index (χ1v) is 41.0. The van der Waals surface area contributed by atoms with Gasteiger partial charge in [0.25, 0.3) is 23.6 Å². The van der Waals surface area contributed by atoms with Crippen molar-refractivity contribution in [1.29, 1.82) is 0 Å². The van der Waals surface area contributed by atoms with Crippen molar-refractivity contribution in [3.63, 3.8) is 0 Å². The number of piperazine rings is 2. The number of pyridine rings is 4. The third-order valence-corrected chi connectivity index (χ3v) is 23.2. The number of carbonyl (C=O) groups excluding carboxylic acids is 4. The van der Waals surface area contributed by atoms with Crippen molar-refractivity contribution in [2.45, 2.75) is 52.6 Å². The van der Waals surface area contributed by atoms with Gasteiger partial charge in [-0.3, -0.25) is 46.6 Å². The van der Waals surface area contributed by atoms with Crippen LogP contribution in [-0.4, -0.2) is 289 Å². The van der Waals surface area contributed by atoms with E-state index in [-0.39, 0.29) is 49.9 Å². The lowest BCUT2D eigenvalue weighted by atomic mass is 10.0. The summed E-state index contributed by atoms with van der Waals surface area (Å²) >= 11 is 0.